The number of ether oxygens (including phenoxy) is 2. The van der Waals surface area contributed by atoms with Gasteiger partial charge >= 0.3 is 11.9 Å². The Kier molecular flexibility index (Phi) is 6.76. The molecule has 1 saturated heterocycles. The average Bonchev–Trinajstić information content (AvgIpc) is 3.34. The molecule has 0 aromatic heterocycles. The maximum Gasteiger partial charge on any atom is 0.310 e. The quantitative estimate of drug-likeness (QED) is 0.389. The number of hydrogen-bond acceptors (Lipinski definition) is 5. The van der Waals surface area contributed by atoms with Gasteiger partial charge in [0.1, 0.15) is 6.10 Å². The summed E-state index contributed by atoms with van der Waals surface area (Å²) in [5, 5.41) is 20.6. The van der Waals surface area contributed by atoms with Crippen LogP contribution >= 0.6 is 0 Å². The third-order valence-corrected chi connectivity index (χ3v) is 6.31. The number of carbonyl (C=O) groups excluding carboxylic acids is 1. The zero-order chi connectivity index (χ0) is 20.3. The Hall–Kier alpha value is -1.47. The number of allylic oxidation sites excluding steroid dienone is 2. The summed E-state index contributed by atoms with van der Waals surface area (Å²) in [6.45, 7) is 0. The van der Waals surface area contributed by atoms with E-state index in [2.05, 4.69) is 4.74 Å². The zero-order valence-electron chi connectivity index (χ0n) is 16.2. The lowest BCUT2D eigenvalue weighted by Gasteiger charge is -2.23. The number of unbranched alkanes of at least 4 members (excludes halogenated alkanes) is 1. The number of carbonyl (C=O) groups is 1. The highest BCUT2D eigenvalue weighted by Crippen LogP contribution is 2.54. The molecule has 3 rings (SSSR count). The molecule has 1 heterocycles. The third-order valence-electron chi connectivity index (χ3n) is 6.31. The van der Waals surface area contributed by atoms with Crippen LogP contribution in [0.25, 0.3) is 0 Å². The Balaban J connectivity index is 1.64. The van der Waals surface area contributed by atoms with E-state index in [0.29, 0.717) is 12.8 Å². The zero-order valence-corrected chi connectivity index (χ0v) is 16.2. The van der Waals surface area contributed by atoms with E-state index in [-0.39, 0.29) is 30.5 Å². The van der Waals surface area contributed by atoms with Crippen molar-refractivity contribution in [2.75, 3.05) is 7.11 Å². The van der Waals surface area contributed by atoms with E-state index < -0.39 is 36.1 Å². The molecule has 28 heavy (non-hydrogen) atoms. The Bertz CT molecular complexity index is 612. The van der Waals surface area contributed by atoms with E-state index in [0.717, 1.165) is 25.7 Å². The molecule has 0 bridgehead atoms. The third kappa shape index (κ3) is 4.40. The maximum atomic E-state index is 15.0. The van der Waals surface area contributed by atoms with Crippen LogP contribution in [-0.4, -0.2) is 47.5 Å². The van der Waals surface area contributed by atoms with Crippen LogP contribution in [0.15, 0.2) is 24.0 Å². The molecule has 0 spiro atoms. The molecule has 2 aliphatic carbocycles. The van der Waals surface area contributed by atoms with Crippen LogP contribution in [0, 0.1) is 17.8 Å². The Morgan fingerprint density at radius 1 is 1.39 bits per heavy atom. The van der Waals surface area contributed by atoms with E-state index >= 15 is 0 Å². The first-order valence-corrected chi connectivity index (χ1v) is 10.2. The molecule has 1 aliphatic heterocycles. The Morgan fingerprint density at radius 3 is 2.79 bits per heavy atom. The van der Waals surface area contributed by atoms with Crippen LogP contribution in [0.2, 0.25) is 0 Å². The van der Waals surface area contributed by atoms with E-state index in [1.165, 1.54) is 13.2 Å². The molecule has 0 aromatic rings. The molecule has 2 N–H and O–H groups in total. The van der Waals surface area contributed by atoms with Crippen molar-refractivity contribution < 1.29 is 33.3 Å². The van der Waals surface area contributed by atoms with Gasteiger partial charge in [-0.2, -0.15) is 8.78 Å². The molecule has 2 saturated carbocycles. The van der Waals surface area contributed by atoms with Crippen LogP contribution in [0.4, 0.5) is 8.78 Å². The van der Waals surface area contributed by atoms with Crippen molar-refractivity contribution in [3.63, 3.8) is 0 Å². The standard InChI is InChI=1S/C21H30F2O5/c1-27-19(26)9-5-4-8-18-21(22,23)20-14(16(25)12-17(20)28-18)10-11-15(24)13-6-2-3-7-13/h8,10-11,13-17,20,24-25H,2-7,9,12H2,1H3/t14-,15-,16+,17-,20+/m0/s1. The van der Waals surface area contributed by atoms with Gasteiger partial charge in [-0.05, 0) is 37.7 Å². The predicted molar refractivity (Wildman–Crippen MR) is 98.5 cm³/mol. The highest BCUT2D eigenvalue weighted by Gasteiger charge is 2.63. The summed E-state index contributed by atoms with van der Waals surface area (Å²) in [5.41, 5.74) is 0. The first kappa shape index (κ1) is 21.2. The number of rotatable bonds is 7. The van der Waals surface area contributed by atoms with Crippen LogP contribution in [0.1, 0.15) is 51.4 Å². The highest BCUT2D eigenvalue weighted by molar-refractivity contribution is 5.69. The summed E-state index contributed by atoms with van der Waals surface area (Å²) in [5.74, 6) is -5.63. The molecular weight excluding hydrogens is 370 g/mol. The first-order chi connectivity index (χ1) is 13.3. The van der Waals surface area contributed by atoms with Crippen molar-refractivity contribution >= 4 is 5.97 Å². The first-order valence-electron chi connectivity index (χ1n) is 10.2. The predicted octanol–water partition coefficient (Wildman–Crippen LogP) is 3.35. The Morgan fingerprint density at radius 2 is 2.11 bits per heavy atom. The summed E-state index contributed by atoms with van der Waals surface area (Å²) in [6.07, 6.45) is 7.28. The lowest BCUT2D eigenvalue weighted by Crippen LogP contribution is -2.33. The second-order valence-electron chi connectivity index (χ2n) is 8.14. The highest BCUT2D eigenvalue weighted by atomic mass is 19.3. The van der Waals surface area contributed by atoms with Crippen molar-refractivity contribution in [1.29, 1.82) is 0 Å². The van der Waals surface area contributed by atoms with Crippen molar-refractivity contribution in [3.8, 4) is 0 Å². The van der Waals surface area contributed by atoms with Crippen LogP contribution in [0.5, 0.6) is 0 Å². The lowest BCUT2D eigenvalue weighted by molar-refractivity contribution is -0.140. The van der Waals surface area contributed by atoms with Crippen LogP contribution < -0.4 is 0 Å². The molecular formula is C21H30F2O5. The van der Waals surface area contributed by atoms with Gasteiger partial charge in [-0.3, -0.25) is 4.79 Å². The summed E-state index contributed by atoms with van der Waals surface area (Å²) in [4.78, 5) is 11.1. The minimum Gasteiger partial charge on any atom is -0.488 e. The van der Waals surface area contributed by atoms with Gasteiger partial charge < -0.3 is 19.7 Å². The molecule has 0 radical (unpaired) electrons. The number of halogens is 2. The van der Waals surface area contributed by atoms with Gasteiger partial charge in [-0.1, -0.05) is 25.0 Å². The Labute approximate surface area is 164 Å². The molecule has 5 atom stereocenters. The normalized spacial score (nSPS) is 34.7. The molecule has 5 nitrogen and oxygen atoms in total. The van der Waals surface area contributed by atoms with E-state index in [1.807, 2.05) is 0 Å². The van der Waals surface area contributed by atoms with Crippen LogP contribution in [-0.2, 0) is 14.3 Å². The fraction of sp³-hybridized carbons (Fsp3) is 0.762. The second-order valence-corrected chi connectivity index (χ2v) is 8.14. The number of fused-ring (bicyclic) bond motifs is 1. The molecule has 158 valence electrons. The minimum atomic E-state index is -3.18. The molecule has 3 aliphatic rings. The maximum absolute atomic E-state index is 15.0. The fourth-order valence-electron chi connectivity index (χ4n) is 4.74. The fourth-order valence-corrected chi connectivity index (χ4v) is 4.74. The van der Waals surface area contributed by atoms with Gasteiger partial charge in [0.05, 0.1) is 25.2 Å². The number of esters is 1. The van der Waals surface area contributed by atoms with Crippen LogP contribution in [0.3, 0.4) is 0 Å². The van der Waals surface area contributed by atoms with E-state index in [9.17, 15) is 23.8 Å². The molecule has 0 amide bonds. The number of methoxy groups -OCH3 is 1. The van der Waals surface area contributed by atoms with Gasteiger partial charge in [0.15, 0.2) is 5.76 Å². The van der Waals surface area contributed by atoms with Gasteiger partial charge in [-0.15, -0.1) is 0 Å². The number of aliphatic hydroxyl groups is 2. The summed E-state index contributed by atoms with van der Waals surface area (Å²) in [7, 11) is 1.29. The number of alkyl halides is 2. The van der Waals surface area contributed by atoms with Gasteiger partial charge in [0, 0.05) is 18.8 Å². The van der Waals surface area contributed by atoms with Crippen molar-refractivity contribution in [2.24, 2.45) is 17.8 Å². The smallest absolute Gasteiger partial charge is 0.310 e. The number of hydrogen-bond donors (Lipinski definition) is 2. The summed E-state index contributed by atoms with van der Waals surface area (Å²) >= 11 is 0. The summed E-state index contributed by atoms with van der Waals surface area (Å²) < 4.78 is 40.0. The average molecular weight is 400 g/mol. The van der Waals surface area contributed by atoms with Crippen molar-refractivity contribution in [2.45, 2.75) is 75.6 Å². The number of aliphatic hydroxyl groups excluding tert-OH is 2. The largest absolute Gasteiger partial charge is 0.488 e. The van der Waals surface area contributed by atoms with Gasteiger partial charge in [0.2, 0.25) is 0 Å². The minimum absolute atomic E-state index is 0.147. The second kappa shape index (κ2) is 8.91. The molecule has 0 unspecified atom stereocenters. The van der Waals surface area contributed by atoms with Crippen molar-refractivity contribution in [3.05, 3.63) is 24.0 Å². The monoisotopic (exact) mass is 400 g/mol. The SMILES string of the molecule is COC(=O)CCCC=C1O[C@H]2C[C@@H](O)[C@H](C=C[C@H](O)C3CCCC3)[C@H]2C1(F)F. The van der Waals surface area contributed by atoms with Crippen molar-refractivity contribution in [1.82, 2.24) is 0 Å². The molecule has 7 heteroatoms. The van der Waals surface area contributed by atoms with Gasteiger partial charge in [0.25, 0.3) is 0 Å². The summed E-state index contributed by atoms with van der Waals surface area (Å²) in [6, 6.07) is 0. The lowest BCUT2D eigenvalue weighted by atomic mass is 9.87. The van der Waals surface area contributed by atoms with E-state index in [1.54, 1.807) is 12.2 Å². The van der Waals surface area contributed by atoms with E-state index in [4.69, 9.17) is 4.74 Å². The molecule has 3 fully saturated rings. The topological polar surface area (TPSA) is 76.0 Å². The molecule has 0 aromatic carbocycles. The van der Waals surface area contributed by atoms with Gasteiger partial charge in [-0.25, -0.2) is 0 Å².